The second-order valence-corrected chi connectivity index (χ2v) is 5.81. The molecule has 1 saturated carbocycles. The van der Waals surface area contributed by atoms with Crippen molar-refractivity contribution in [1.82, 2.24) is 5.32 Å². The van der Waals surface area contributed by atoms with Crippen LogP contribution >= 0.6 is 0 Å². The van der Waals surface area contributed by atoms with E-state index < -0.39 is 6.10 Å². The Labute approximate surface area is 145 Å². The molecule has 1 aliphatic rings. The zero-order valence-corrected chi connectivity index (χ0v) is 13.7. The van der Waals surface area contributed by atoms with Crippen molar-refractivity contribution in [3.63, 3.8) is 0 Å². The maximum atomic E-state index is 13.2. The minimum atomic E-state index is -0.942. The van der Waals surface area contributed by atoms with Crippen LogP contribution in [0.15, 0.2) is 42.5 Å². The molecule has 1 N–H and O–H groups in total. The Hall–Kier alpha value is -3.07. The Bertz CT molecular complexity index is 810. The van der Waals surface area contributed by atoms with Gasteiger partial charge < -0.3 is 14.8 Å². The molecule has 1 fully saturated rings. The zero-order chi connectivity index (χ0) is 17.8. The average molecular weight is 340 g/mol. The average Bonchev–Trinajstić information content (AvgIpc) is 3.44. The summed E-state index contributed by atoms with van der Waals surface area (Å²) < 4.78 is 24.3. The van der Waals surface area contributed by atoms with Gasteiger partial charge in [0.1, 0.15) is 5.82 Å². The summed E-state index contributed by atoms with van der Waals surface area (Å²) in [4.78, 5) is 12.6. The lowest BCUT2D eigenvalue weighted by atomic mass is 10.1. The van der Waals surface area contributed by atoms with Gasteiger partial charge in [-0.05, 0) is 37.1 Å². The maximum absolute atomic E-state index is 13.2. The molecular formula is C19H17FN2O3. The highest BCUT2D eigenvalue weighted by atomic mass is 19.1. The Balaban J connectivity index is 1.90. The molecule has 0 aromatic heterocycles. The van der Waals surface area contributed by atoms with E-state index in [0.717, 1.165) is 12.8 Å². The van der Waals surface area contributed by atoms with Gasteiger partial charge in [-0.2, -0.15) is 5.26 Å². The largest absolute Gasteiger partial charge is 0.493 e. The Morgan fingerprint density at radius 2 is 1.96 bits per heavy atom. The zero-order valence-electron chi connectivity index (χ0n) is 13.7. The van der Waals surface area contributed by atoms with Gasteiger partial charge in [-0.3, -0.25) is 4.79 Å². The monoisotopic (exact) mass is 340 g/mol. The van der Waals surface area contributed by atoms with E-state index in [4.69, 9.17) is 14.7 Å². The predicted molar refractivity (Wildman–Crippen MR) is 88.6 cm³/mol. The van der Waals surface area contributed by atoms with E-state index in [9.17, 15) is 9.18 Å². The Kier molecular flexibility index (Phi) is 4.85. The predicted octanol–water partition coefficient (Wildman–Crippen LogP) is 3.10. The van der Waals surface area contributed by atoms with E-state index in [0.29, 0.717) is 22.6 Å². The molecule has 3 rings (SSSR count). The maximum Gasteiger partial charge on any atom is 0.266 e. The summed E-state index contributed by atoms with van der Waals surface area (Å²) in [6, 6.07) is 12.5. The number of rotatable bonds is 6. The fourth-order valence-corrected chi connectivity index (χ4v) is 2.38. The number of halogens is 1. The molecule has 0 radical (unpaired) electrons. The van der Waals surface area contributed by atoms with Gasteiger partial charge in [0.2, 0.25) is 6.10 Å². The molecule has 1 amide bonds. The van der Waals surface area contributed by atoms with Crippen LogP contribution in [-0.2, 0) is 4.79 Å². The first kappa shape index (κ1) is 16.8. The number of hydrogen-bond donors (Lipinski definition) is 1. The number of carbonyl (C=O) groups is 1. The second-order valence-electron chi connectivity index (χ2n) is 5.81. The topological polar surface area (TPSA) is 71.3 Å². The van der Waals surface area contributed by atoms with E-state index in [1.54, 1.807) is 12.1 Å². The van der Waals surface area contributed by atoms with Crippen LogP contribution in [-0.4, -0.2) is 19.1 Å². The first-order valence-corrected chi connectivity index (χ1v) is 7.91. The van der Waals surface area contributed by atoms with Gasteiger partial charge in [-0.25, -0.2) is 4.39 Å². The molecule has 2 aromatic rings. The fraction of sp³-hybridized carbons (Fsp3) is 0.263. The van der Waals surface area contributed by atoms with Crippen LogP contribution in [0.5, 0.6) is 11.5 Å². The van der Waals surface area contributed by atoms with Crippen LogP contribution in [0, 0.1) is 17.1 Å². The number of methoxy groups -OCH3 is 1. The van der Waals surface area contributed by atoms with Crippen LogP contribution in [0.25, 0.3) is 0 Å². The third-order valence-corrected chi connectivity index (χ3v) is 3.87. The summed E-state index contributed by atoms with van der Waals surface area (Å²) in [5.74, 6) is 0.00808. The number of nitrogens with one attached hydrogen (secondary N) is 1. The summed E-state index contributed by atoms with van der Waals surface area (Å²) in [7, 11) is 1.46. The van der Waals surface area contributed by atoms with Gasteiger partial charge >= 0.3 is 0 Å². The molecule has 0 bridgehead atoms. The van der Waals surface area contributed by atoms with Crippen LogP contribution in [0.4, 0.5) is 4.39 Å². The van der Waals surface area contributed by atoms with Crippen molar-refractivity contribution in [2.24, 2.45) is 0 Å². The summed E-state index contributed by atoms with van der Waals surface area (Å²) >= 11 is 0. The minimum Gasteiger partial charge on any atom is -0.493 e. The minimum absolute atomic E-state index is 0.168. The highest BCUT2D eigenvalue weighted by Crippen LogP contribution is 2.33. The van der Waals surface area contributed by atoms with Gasteiger partial charge in [0, 0.05) is 17.7 Å². The van der Waals surface area contributed by atoms with Gasteiger partial charge in [-0.15, -0.1) is 0 Å². The molecule has 5 nitrogen and oxygen atoms in total. The molecule has 0 aliphatic heterocycles. The molecular weight excluding hydrogens is 323 g/mol. The third-order valence-electron chi connectivity index (χ3n) is 3.87. The van der Waals surface area contributed by atoms with E-state index in [1.165, 1.54) is 37.4 Å². The van der Waals surface area contributed by atoms with Crippen LogP contribution < -0.4 is 14.8 Å². The highest BCUT2D eigenvalue weighted by Gasteiger charge is 2.30. The van der Waals surface area contributed by atoms with Crippen molar-refractivity contribution in [2.75, 3.05) is 7.11 Å². The molecule has 0 unspecified atom stereocenters. The van der Waals surface area contributed by atoms with E-state index in [2.05, 4.69) is 5.32 Å². The quantitative estimate of drug-likeness (QED) is 0.877. The SMILES string of the molecule is COc1cc(C#N)ccc1O[C@H](C(=O)NC1CC1)c1ccc(F)cc1. The van der Waals surface area contributed by atoms with E-state index in [-0.39, 0.29) is 17.8 Å². The number of carbonyl (C=O) groups excluding carboxylic acids is 1. The van der Waals surface area contributed by atoms with Gasteiger partial charge in [-0.1, -0.05) is 12.1 Å². The Morgan fingerprint density at radius 1 is 1.24 bits per heavy atom. The lowest BCUT2D eigenvalue weighted by molar-refractivity contribution is -0.128. The highest BCUT2D eigenvalue weighted by molar-refractivity contribution is 5.83. The van der Waals surface area contributed by atoms with E-state index in [1.807, 2.05) is 6.07 Å². The number of nitrogens with zero attached hydrogens (tertiary/aromatic N) is 1. The lowest BCUT2D eigenvalue weighted by Crippen LogP contribution is -2.34. The normalized spacial score (nSPS) is 14.3. The van der Waals surface area contributed by atoms with Gasteiger partial charge in [0.05, 0.1) is 18.7 Å². The number of hydrogen-bond acceptors (Lipinski definition) is 4. The second kappa shape index (κ2) is 7.22. The molecule has 128 valence electrons. The summed E-state index contributed by atoms with van der Waals surface area (Å²) in [5.41, 5.74) is 0.955. The molecule has 1 atom stereocenters. The van der Waals surface area contributed by atoms with Crippen molar-refractivity contribution in [3.8, 4) is 17.6 Å². The number of ether oxygens (including phenoxy) is 2. The van der Waals surface area contributed by atoms with Crippen molar-refractivity contribution in [2.45, 2.75) is 25.0 Å². The number of amides is 1. The fourth-order valence-electron chi connectivity index (χ4n) is 2.38. The molecule has 25 heavy (non-hydrogen) atoms. The van der Waals surface area contributed by atoms with Gasteiger partial charge in [0.15, 0.2) is 11.5 Å². The van der Waals surface area contributed by atoms with Crippen LogP contribution in [0.1, 0.15) is 30.1 Å². The first-order chi connectivity index (χ1) is 12.1. The smallest absolute Gasteiger partial charge is 0.266 e. The number of benzene rings is 2. The molecule has 0 spiro atoms. The van der Waals surface area contributed by atoms with Crippen molar-refractivity contribution in [1.29, 1.82) is 5.26 Å². The van der Waals surface area contributed by atoms with Crippen molar-refractivity contribution in [3.05, 3.63) is 59.4 Å². The number of nitriles is 1. The third kappa shape index (κ3) is 4.07. The first-order valence-electron chi connectivity index (χ1n) is 7.91. The van der Waals surface area contributed by atoms with Crippen LogP contribution in [0.2, 0.25) is 0 Å². The summed E-state index contributed by atoms with van der Waals surface area (Å²) in [6.07, 6.45) is 0.951. The summed E-state index contributed by atoms with van der Waals surface area (Å²) in [6.45, 7) is 0. The molecule has 0 heterocycles. The van der Waals surface area contributed by atoms with Crippen molar-refractivity contribution < 1.29 is 18.7 Å². The molecule has 6 heteroatoms. The molecule has 1 aliphatic carbocycles. The standard InChI is InChI=1S/C19H17FN2O3/c1-24-17-10-12(11-21)2-9-16(17)25-18(19(23)22-15-7-8-15)13-3-5-14(20)6-4-13/h2-6,9-10,15,18H,7-8H2,1H3,(H,22,23)/t18-/m0/s1. The van der Waals surface area contributed by atoms with Gasteiger partial charge in [0.25, 0.3) is 5.91 Å². The van der Waals surface area contributed by atoms with E-state index >= 15 is 0 Å². The lowest BCUT2D eigenvalue weighted by Gasteiger charge is -2.20. The van der Waals surface area contributed by atoms with Crippen molar-refractivity contribution >= 4 is 5.91 Å². The summed E-state index contributed by atoms with van der Waals surface area (Å²) in [5, 5.41) is 11.9. The molecule has 0 saturated heterocycles. The van der Waals surface area contributed by atoms with Crippen LogP contribution in [0.3, 0.4) is 0 Å². The molecule has 2 aromatic carbocycles. The Morgan fingerprint density at radius 3 is 2.56 bits per heavy atom.